The number of piperidine rings is 1. The molecular formula is C21H22ClN3O. The molecule has 0 spiro atoms. The van der Waals surface area contributed by atoms with Gasteiger partial charge in [0, 0.05) is 24.0 Å². The van der Waals surface area contributed by atoms with Gasteiger partial charge in [-0.25, -0.2) is 0 Å². The quantitative estimate of drug-likeness (QED) is 0.718. The van der Waals surface area contributed by atoms with Crippen molar-refractivity contribution in [3.63, 3.8) is 0 Å². The molecule has 0 bridgehead atoms. The lowest BCUT2D eigenvalue weighted by Crippen LogP contribution is -2.34. The number of rotatable bonds is 4. The van der Waals surface area contributed by atoms with Crippen molar-refractivity contribution in [2.24, 2.45) is 11.7 Å². The normalized spacial score (nSPS) is 15.5. The number of primary amides is 1. The Labute approximate surface area is 157 Å². The van der Waals surface area contributed by atoms with Gasteiger partial charge in [-0.3, -0.25) is 4.79 Å². The zero-order chi connectivity index (χ0) is 18.1. The summed E-state index contributed by atoms with van der Waals surface area (Å²) in [6, 6.07) is 16.3. The lowest BCUT2D eigenvalue weighted by atomic mass is 9.90. The molecule has 4 nitrogen and oxygen atoms in total. The Morgan fingerprint density at radius 2 is 1.88 bits per heavy atom. The molecule has 1 aliphatic heterocycles. The highest BCUT2D eigenvalue weighted by atomic mass is 35.5. The molecule has 4 rings (SSSR count). The van der Waals surface area contributed by atoms with Gasteiger partial charge in [0.05, 0.1) is 10.6 Å². The third-order valence-electron chi connectivity index (χ3n) is 5.28. The monoisotopic (exact) mass is 367 g/mol. The average Bonchev–Trinajstić information content (AvgIpc) is 3.05. The van der Waals surface area contributed by atoms with E-state index in [0.717, 1.165) is 42.1 Å². The number of carbonyl (C=O) groups excluding carboxylic acids is 1. The Morgan fingerprint density at radius 1 is 1.15 bits per heavy atom. The van der Waals surface area contributed by atoms with E-state index in [9.17, 15) is 4.79 Å². The van der Waals surface area contributed by atoms with Crippen molar-refractivity contribution in [2.45, 2.75) is 19.3 Å². The molecule has 1 aromatic heterocycles. The molecule has 1 amide bonds. The Balaban J connectivity index is 1.46. The largest absolute Gasteiger partial charge is 0.366 e. The van der Waals surface area contributed by atoms with Crippen LogP contribution in [0.1, 0.15) is 28.8 Å². The molecule has 26 heavy (non-hydrogen) atoms. The minimum atomic E-state index is -0.499. The number of nitrogens with one attached hydrogen (secondary N) is 1. The van der Waals surface area contributed by atoms with Crippen molar-refractivity contribution in [3.8, 4) is 0 Å². The number of fused-ring (bicyclic) bond motifs is 1. The van der Waals surface area contributed by atoms with Crippen LogP contribution in [0.2, 0.25) is 5.02 Å². The van der Waals surface area contributed by atoms with Crippen LogP contribution in [0.3, 0.4) is 0 Å². The Morgan fingerprint density at radius 3 is 2.58 bits per heavy atom. The van der Waals surface area contributed by atoms with Gasteiger partial charge in [-0.2, -0.15) is 0 Å². The predicted molar refractivity (Wildman–Crippen MR) is 107 cm³/mol. The summed E-state index contributed by atoms with van der Waals surface area (Å²) in [6.07, 6.45) is 3.51. The second kappa shape index (κ2) is 7.04. The number of anilines is 1. The number of benzene rings is 2. The maximum atomic E-state index is 11.5. The molecule has 1 aliphatic rings. The fourth-order valence-corrected chi connectivity index (χ4v) is 4.08. The molecule has 2 heterocycles. The van der Waals surface area contributed by atoms with Crippen LogP contribution in [0.15, 0.2) is 48.5 Å². The fourth-order valence-electron chi connectivity index (χ4n) is 3.82. The molecule has 1 saturated heterocycles. The minimum absolute atomic E-state index is 0.367. The van der Waals surface area contributed by atoms with E-state index in [4.69, 9.17) is 17.3 Å². The Bertz CT molecular complexity index is 927. The summed E-state index contributed by atoms with van der Waals surface area (Å²) in [5.74, 6) is 1.31. The minimum Gasteiger partial charge on any atom is -0.366 e. The molecule has 0 saturated carbocycles. The lowest BCUT2D eigenvalue weighted by molar-refractivity contribution is 0.100. The number of hydrogen-bond acceptors (Lipinski definition) is 2. The Kier molecular flexibility index (Phi) is 4.60. The zero-order valence-electron chi connectivity index (χ0n) is 14.5. The first-order chi connectivity index (χ1) is 12.6. The summed E-state index contributed by atoms with van der Waals surface area (Å²) in [4.78, 5) is 17.3. The van der Waals surface area contributed by atoms with Crippen molar-refractivity contribution in [3.05, 3.63) is 64.7 Å². The van der Waals surface area contributed by atoms with Crippen LogP contribution in [0, 0.1) is 5.92 Å². The average molecular weight is 368 g/mol. The molecule has 3 aromatic rings. The summed E-state index contributed by atoms with van der Waals surface area (Å²) in [5, 5.41) is 1.35. The molecule has 1 fully saturated rings. The van der Waals surface area contributed by atoms with E-state index >= 15 is 0 Å². The van der Waals surface area contributed by atoms with Gasteiger partial charge >= 0.3 is 0 Å². The van der Waals surface area contributed by atoms with E-state index in [0.29, 0.717) is 10.6 Å². The van der Waals surface area contributed by atoms with Crippen LogP contribution >= 0.6 is 11.6 Å². The van der Waals surface area contributed by atoms with Crippen LogP contribution in [-0.4, -0.2) is 24.0 Å². The number of hydrogen-bond donors (Lipinski definition) is 2. The second-order valence-electron chi connectivity index (χ2n) is 7.06. The van der Waals surface area contributed by atoms with E-state index in [1.807, 2.05) is 0 Å². The summed E-state index contributed by atoms with van der Waals surface area (Å²) in [5.41, 5.74) is 8.11. The number of carbonyl (C=O) groups is 1. The fraction of sp³-hybridized carbons (Fsp3) is 0.286. The van der Waals surface area contributed by atoms with Crippen LogP contribution in [0.5, 0.6) is 0 Å². The molecule has 0 atom stereocenters. The number of halogens is 1. The van der Waals surface area contributed by atoms with E-state index in [2.05, 4.69) is 46.3 Å². The van der Waals surface area contributed by atoms with Gasteiger partial charge in [0.25, 0.3) is 0 Å². The summed E-state index contributed by atoms with van der Waals surface area (Å²) in [6.45, 7) is 2.06. The molecule has 0 unspecified atom stereocenters. The highest BCUT2D eigenvalue weighted by molar-refractivity contribution is 6.34. The highest BCUT2D eigenvalue weighted by Crippen LogP contribution is 2.30. The van der Waals surface area contributed by atoms with E-state index < -0.39 is 5.91 Å². The number of nitrogens with zero attached hydrogens (tertiary/aromatic N) is 1. The van der Waals surface area contributed by atoms with Crippen molar-refractivity contribution in [1.29, 1.82) is 0 Å². The van der Waals surface area contributed by atoms with Crippen LogP contribution in [0.4, 0.5) is 5.82 Å². The second-order valence-corrected chi connectivity index (χ2v) is 7.47. The van der Waals surface area contributed by atoms with E-state index in [1.165, 1.54) is 18.4 Å². The van der Waals surface area contributed by atoms with Gasteiger partial charge in [-0.15, -0.1) is 0 Å². The highest BCUT2D eigenvalue weighted by Gasteiger charge is 2.21. The van der Waals surface area contributed by atoms with E-state index in [-0.39, 0.29) is 0 Å². The van der Waals surface area contributed by atoms with Gasteiger partial charge in [0.2, 0.25) is 5.91 Å². The molecule has 0 radical (unpaired) electrons. The molecule has 134 valence electrons. The van der Waals surface area contributed by atoms with Gasteiger partial charge in [0.1, 0.15) is 5.82 Å². The Hall–Kier alpha value is -2.46. The standard InChI is InChI=1S/C21H22ClN3O/c22-18-13-19-16(11-17(18)21(23)26)12-20(24-19)25-8-6-15(7-9-25)10-14-4-2-1-3-5-14/h1-5,11-13,15,24H,6-10H2,(H2,23,26). The maximum absolute atomic E-state index is 11.5. The summed E-state index contributed by atoms with van der Waals surface area (Å²) < 4.78 is 0. The number of nitrogens with two attached hydrogens (primary N) is 1. The smallest absolute Gasteiger partial charge is 0.250 e. The number of aromatic amines is 1. The third-order valence-corrected chi connectivity index (χ3v) is 5.59. The molecular weight excluding hydrogens is 346 g/mol. The third kappa shape index (κ3) is 3.42. The van der Waals surface area contributed by atoms with Gasteiger partial charge in [0.15, 0.2) is 0 Å². The molecule has 3 N–H and O–H groups in total. The van der Waals surface area contributed by atoms with E-state index in [1.54, 1.807) is 12.1 Å². The predicted octanol–water partition coefficient (Wildman–Crippen LogP) is 4.38. The SMILES string of the molecule is NC(=O)c1cc2cc(N3CCC(Cc4ccccc4)CC3)[nH]c2cc1Cl. The van der Waals surface area contributed by atoms with Gasteiger partial charge < -0.3 is 15.6 Å². The topological polar surface area (TPSA) is 62.1 Å². The number of aromatic nitrogens is 1. The van der Waals surface area contributed by atoms with Crippen LogP contribution in [-0.2, 0) is 6.42 Å². The van der Waals surface area contributed by atoms with Crippen LogP contribution < -0.4 is 10.6 Å². The number of amides is 1. The molecule has 2 aromatic carbocycles. The first-order valence-corrected chi connectivity index (χ1v) is 9.39. The first kappa shape index (κ1) is 17.0. The van der Waals surface area contributed by atoms with Crippen molar-refractivity contribution < 1.29 is 4.79 Å². The first-order valence-electron chi connectivity index (χ1n) is 9.01. The van der Waals surface area contributed by atoms with Crippen LogP contribution in [0.25, 0.3) is 10.9 Å². The van der Waals surface area contributed by atoms with Gasteiger partial charge in [-0.05, 0) is 48.9 Å². The van der Waals surface area contributed by atoms with Crippen molar-refractivity contribution >= 4 is 34.2 Å². The summed E-state index contributed by atoms with van der Waals surface area (Å²) in [7, 11) is 0. The molecule has 5 heteroatoms. The van der Waals surface area contributed by atoms with Gasteiger partial charge in [-0.1, -0.05) is 41.9 Å². The van der Waals surface area contributed by atoms with Crippen molar-refractivity contribution in [1.82, 2.24) is 4.98 Å². The molecule has 0 aliphatic carbocycles. The van der Waals surface area contributed by atoms with Crippen molar-refractivity contribution in [2.75, 3.05) is 18.0 Å². The zero-order valence-corrected chi connectivity index (χ0v) is 15.3. The number of H-pyrrole nitrogens is 1. The maximum Gasteiger partial charge on any atom is 0.250 e. The summed E-state index contributed by atoms with van der Waals surface area (Å²) >= 11 is 6.15. The lowest BCUT2D eigenvalue weighted by Gasteiger charge is -2.32.